The number of sulfonamides is 1. The predicted octanol–water partition coefficient (Wildman–Crippen LogP) is 0.913. The SMILES string of the molecule is CCN(CC)S(=O)(=O)N1CCN(S(=O)(=O)c2ccc(OCCOC)c(C)c2)CC1. The molecule has 1 saturated heterocycles. The maximum Gasteiger partial charge on any atom is 0.282 e. The quantitative estimate of drug-likeness (QED) is 0.493. The van der Waals surface area contributed by atoms with Crippen LogP contribution in [-0.2, 0) is 25.0 Å². The Morgan fingerprint density at radius 3 is 2.07 bits per heavy atom. The second-order valence-corrected chi connectivity index (χ2v) is 10.5. The maximum atomic E-state index is 13.0. The van der Waals surface area contributed by atoms with Gasteiger partial charge in [0.1, 0.15) is 12.4 Å². The van der Waals surface area contributed by atoms with Crippen LogP contribution >= 0.6 is 0 Å². The molecule has 1 aromatic rings. The minimum atomic E-state index is -3.71. The van der Waals surface area contributed by atoms with E-state index in [2.05, 4.69) is 0 Å². The number of hydrogen-bond acceptors (Lipinski definition) is 6. The summed E-state index contributed by atoms with van der Waals surface area (Å²) in [7, 11) is -5.69. The molecule has 0 radical (unpaired) electrons. The fraction of sp³-hybridized carbons (Fsp3) is 0.667. The highest BCUT2D eigenvalue weighted by molar-refractivity contribution is 7.89. The van der Waals surface area contributed by atoms with E-state index in [0.29, 0.717) is 37.6 Å². The number of ether oxygens (including phenoxy) is 2. The van der Waals surface area contributed by atoms with Crippen molar-refractivity contribution in [2.45, 2.75) is 25.7 Å². The van der Waals surface area contributed by atoms with Gasteiger partial charge in [-0.1, -0.05) is 13.8 Å². The lowest BCUT2D eigenvalue weighted by Crippen LogP contribution is -2.54. The van der Waals surface area contributed by atoms with Gasteiger partial charge in [0.25, 0.3) is 10.2 Å². The molecule has 29 heavy (non-hydrogen) atoms. The molecule has 0 amide bonds. The van der Waals surface area contributed by atoms with Crippen molar-refractivity contribution in [2.75, 3.05) is 59.6 Å². The summed E-state index contributed by atoms with van der Waals surface area (Å²) in [5, 5.41) is 0. The highest BCUT2D eigenvalue weighted by Gasteiger charge is 2.35. The highest BCUT2D eigenvalue weighted by Crippen LogP contribution is 2.25. The summed E-state index contributed by atoms with van der Waals surface area (Å²) >= 11 is 0. The molecule has 1 heterocycles. The minimum Gasteiger partial charge on any atom is -0.491 e. The van der Waals surface area contributed by atoms with Gasteiger partial charge in [0.05, 0.1) is 11.5 Å². The van der Waals surface area contributed by atoms with Crippen LogP contribution in [-0.4, -0.2) is 89.3 Å². The average Bonchev–Trinajstić information content (AvgIpc) is 2.70. The second-order valence-electron chi connectivity index (χ2n) is 6.66. The van der Waals surface area contributed by atoms with Crippen molar-refractivity contribution in [3.63, 3.8) is 0 Å². The van der Waals surface area contributed by atoms with E-state index in [1.165, 1.54) is 19.0 Å². The second kappa shape index (κ2) is 10.2. The molecule has 1 aliphatic heterocycles. The van der Waals surface area contributed by atoms with Crippen molar-refractivity contribution in [3.8, 4) is 5.75 Å². The van der Waals surface area contributed by atoms with Gasteiger partial charge in [-0.05, 0) is 30.7 Å². The summed E-state index contributed by atoms with van der Waals surface area (Å²) in [4.78, 5) is 0.175. The maximum absolute atomic E-state index is 13.0. The molecule has 1 fully saturated rings. The fourth-order valence-corrected chi connectivity index (χ4v) is 6.29. The number of nitrogens with zero attached hydrogens (tertiary/aromatic N) is 3. The Kier molecular flexibility index (Phi) is 8.44. The molecule has 0 spiro atoms. The summed E-state index contributed by atoms with van der Waals surface area (Å²) in [5.41, 5.74) is 0.713. The molecule has 2 rings (SSSR count). The third-order valence-corrected chi connectivity index (χ3v) is 8.97. The van der Waals surface area contributed by atoms with Crippen molar-refractivity contribution >= 4 is 20.2 Å². The molecular formula is C18H31N3O6S2. The number of methoxy groups -OCH3 is 1. The van der Waals surface area contributed by atoms with Crippen molar-refractivity contribution in [1.82, 2.24) is 12.9 Å². The Balaban J connectivity index is 2.09. The third kappa shape index (κ3) is 5.47. The van der Waals surface area contributed by atoms with Crippen LogP contribution in [0.15, 0.2) is 23.1 Å². The number of aryl methyl sites for hydroxylation is 1. The molecule has 9 nitrogen and oxygen atoms in total. The van der Waals surface area contributed by atoms with Crippen molar-refractivity contribution in [1.29, 1.82) is 0 Å². The topological polar surface area (TPSA) is 96.5 Å². The summed E-state index contributed by atoms with van der Waals surface area (Å²) in [5.74, 6) is 0.608. The molecule has 1 aliphatic rings. The molecular weight excluding hydrogens is 418 g/mol. The number of benzene rings is 1. The highest BCUT2D eigenvalue weighted by atomic mass is 32.2. The third-order valence-electron chi connectivity index (χ3n) is 4.88. The summed E-state index contributed by atoms with van der Waals surface area (Å²) in [6.45, 7) is 7.46. The summed E-state index contributed by atoms with van der Waals surface area (Å²) in [6.07, 6.45) is 0. The largest absolute Gasteiger partial charge is 0.491 e. The summed E-state index contributed by atoms with van der Waals surface area (Å²) in [6, 6.07) is 4.74. The van der Waals surface area contributed by atoms with E-state index < -0.39 is 20.2 Å². The Labute approximate surface area is 174 Å². The van der Waals surface area contributed by atoms with Crippen molar-refractivity contribution in [3.05, 3.63) is 23.8 Å². The number of piperazine rings is 1. The van der Waals surface area contributed by atoms with Gasteiger partial charge in [0.2, 0.25) is 10.0 Å². The smallest absolute Gasteiger partial charge is 0.282 e. The number of rotatable bonds is 10. The standard InChI is InChI=1S/C18H31N3O6S2/c1-5-19(6-2)29(24,25)21-11-9-20(10-12-21)28(22,23)17-7-8-18(16(3)15-17)27-14-13-26-4/h7-8,15H,5-6,9-14H2,1-4H3. The zero-order valence-electron chi connectivity index (χ0n) is 17.5. The van der Waals surface area contributed by atoms with Crippen LogP contribution < -0.4 is 4.74 Å². The molecule has 1 aromatic carbocycles. The Morgan fingerprint density at radius 1 is 0.966 bits per heavy atom. The predicted molar refractivity (Wildman–Crippen MR) is 111 cm³/mol. The molecule has 0 atom stereocenters. The lowest BCUT2D eigenvalue weighted by atomic mass is 10.2. The lowest BCUT2D eigenvalue weighted by Gasteiger charge is -2.35. The monoisotopic (exact) mass is 449 g/mol. The van der Waals surface area contributed by atoms with Crippen molar-refractivity contribution in [2.24, 2.45) is 0 Å². The van der Waals surface area contributed by atoms with E-state index in [1.807, 2.05) is 0 Å². The van der Waals surface area contributed by atoms with Gasteiger partial charge in [0.15, 0.2) is 0 Å². The van der Waals surface area contributed by atoms with Crippen LogP contribution in [0.1, 0.15) is 19.4 Å². The Bertz CT molecular complexity index is 877. The van der Waals surface area contributed by atoms with E-state index in [9.17, 15) is 16.8 Å². The molecule has 0 aromatic heterocycles. The molecule has 0 aliphatic carbocycles. The average molecular weight is 450 g/mol. The lowest BCUT2D eigenvalue weighted by molar-refractivity contribution is 0.146. The van der Waals surface area contributed by atoms with Crippen LogP contribution in [0.5, 0.6) is 5.75 Å². The number of hydrogen-bond donors (Lipinski definition) is 0. The van der Waals surface area contributed by atoms with Crippen LogP contribution in [0.3, 0.4) is 0 Å². The van der Waals surface area contributed by atoms with E-state index >= 15 is 0 Å². The van der Waals surface area contributed by atoms with Gasteiger partial charge in [0, 0.05) is 46.4 Å². The first-order chi connectivity index (χ1) is 13.7. The van der Waals surface area contributed by atoms with E-state index in [-0.39, 0.29) is 31.1 Å². The van der Waals surface area contributed by atoms with Gasteiger partial charge in [-0.3, -0.25) is 0 Å². The normalized spacial score (nSPS) is 17.0. The Morgan fingerprint density at radius 2 is 1.55 bits per heavy atom. The van der Waals surface area contributed by atoms with E-state index in [0.717, 1.165) is 0 Å². The van der Waals surface area contributed by atoms with Crippen molar-refractivity contribution < 1.29 is 26.3 Å². The molecule has 0 unspecified atom stereocenters. The molecule has 0 N–H and O–H groups in total. The first-order valence-electron chi connectivity index (χ1n) is 9.66. The zero-order valence-corrected chi connectivity index (χ0v) is 19.1. The van der Waals surface area contributed by atoms with Crippen LogP contribution in [0, 0.1) is 6.92 Å². The van der Waals surface area contributed by atoms with Gasteiger partial charge >= 0.3 is 0 Å². The van der Waals surface area contributed by atoms with Gasteiger partial charge < -0.3 is 9.47 Å². The fourth-order valence-electron chi connectivity index (χ4n) is 3.18. The molecule has 0 bridgehead atoms. The minimum absolute atomic E-state index is 0.119. The zero-order chi connectivity index (χ0) is 21.7. The van der Waals surface area contributed by atoms with Gasteiger partial charge in [-0.15, -0.1) is 0 Å². The Hall–Kier alpha value is -1.24. The first-order valence-corrected chi connectivity index (χ1v) is 12.5. The first kappa shape index (κ1) is 24.0. The molecule has 11 heteroatoms. The van der Waals surface area contributed by atoms with Gasteiger partial charge in [-0.25, -0.2) is 8.42 Å². The van der Waals surface area contributed by atoms with E-state index in [1.54, 1.807) is 40.0 Å². The van der Waals surface area contributed by atoms with E-state index in [4.69, 9.17) is 9.47 Å². The molecule has 166 valence electrons. The summed E-state index contributed by atoms with van der Waals surface area (Å²) < 4.78 is 65.8. The molecule has 0 saturated carbocycles. The van der Waals surface area contributed by atoms with Gasteiger partial charge in [-0.2, -0.15) is 21.3 Å². The van der Waals surface area contributed by atoms with Crippen LogP contribution in [0.2, 0.25) is 0 Å². The van der Waals surface area contributed by atoms with Crippen LogP contribution in [0.4, 0.5) is 0 Å². The van der Waals surface area contributed by atoms with Crippen LogP contribution in [0.25, 0.3) is 0 Å².